The minimum Gasteiger partial charge on any atom is -0.310 e. The minimum atomic E-state index is 0.565. The summed E-state index contributed by atoms with van der Waals surface area (Å²) < 4.78 is 0. The average Bonchev–Trinajstić information content (AvgIpc) is 4.07. The molecule has 0 fully saturated rings. The topological polar surface area (TPSA) is 6.48 Å². The van der Waals surface area contributed by atoms with Gasteiger partial charge >= 0.3 is 0 Å². The highest BCUT2D eigenvalue weighted by Gasteiger charge is 2.29. The van der Waals surface area contributed by atoms with Crippen molar-refractivity contribution in [2.75, 3.05) is 9.80 Å². The monoisotopic (exact) mass is 834 g/mol. The first kappa shape index (κ1) is 39.7. The molecule has 0 amide bonds. The van der Waals surface area contributed by atoms with E-state index in [0.717, 1.165) is 12.8 Å². The first-order valence-electron chi connectivity index (χ1n) is 24.5. The maximum absolute atomic E-state index is 2.62. The van der Waals surface area contributed by atoms with Crippen molar-refractivity contribution < 1.29 is 0 Å². The summed E-state index contributed by atoms with van der Waals surface area (Å²) in [7, 11) is 0. The van der Waals surface area contributed by atoms with Gasteiger partial charge in [-0.2, -0.15) is 0 Å². The second-order valence-corrected chi connectivity index (χ2v) is 20.8. The smallest absolute Gasteiger partial charge is 0.0546 e. The summed E-state index contributed by atoms with van der Waals surface area (Å²) in [5, 5.41) is 7.86. The minimum absolute atomic E-state index is 0.565. The van der Waals surface area contributed by atoms with Crippen LogP contribution < -0.4 is 9.80 Å². The third kappa shape index (κ3) is 6.18. The van der Waals surface area contributed by atoms with Gasteiger partial charge in [-0.3, -0.25) is 0 Å². The molecule has 4 unspecified atom stereocenters. The van der Waals surface area contributed by atoms with E-state index < -0.39 is 0 Å². The Morgan fingerprint density at radius 1 is 0.312 bits per heavy atom. The van der Waals surface area contributed by atoms with Gasteiger partial charge in [-0.1, -0.05) is 64.1 Å². The van der Waals surface area contributed by atoms with Crippen molar-refractivity contribution in [3.8, 4) is 0 Å². The van der Waals surface area contributed by atoms with Crippen LogP contribution in [0.25, 0.3) is 32.3 Å². The molecule has 0 radical (unpaired) electrons. The molecule has 4 aliphatic carbocycles. The quantitative estimate of drug-likeness (QED) is 0.154. The molecular formula is C62H62N2. The van der Waals surface area contributed by atoms with Crippen LogP contribution in [0.5, 0.6) is 0 Å². The molecule has 12 rings (SSSR count). The van der Waals surface area contributed by atoms with E-state index in [4.69, 9.17) is 0 Å². The van der Waals surface area contributed by atoms with Gasteiger partial charge in [0.1, 0.15) is 0 Å². The normalized spacial score (nSPS) is 19.7. The summed E-state index contributed by atoms with van der Waals surface area (Å²) in [5.74, 6) is 2.35. The number of aryl methyl sites for hydroxylation is 8. The molecule has 0 aromatic heterocycles. The number of benzene rings is 8. The molecule has 2 nitrogen and oxygen atoms in total. The molecule has 0 saturated carbocycles. The highest BCUT2D eigenvalue weighted by atomic mass is 15.2. The summed E-state index contributed by atoms with van der Waals surface area (Å²) in [4.78, 5) is 5.24. The van der Waals surface area contributed by atoms with Crippen LogP contribution in [0.4, 0.5) is 34.1 Å². The van der Waals surface area contributed by atoms with Crippen molar-refractivity contribution in [1.29, 1.82) is 0 Å². The van der Waals surface area contributed by atoms with Crippen molar-refractivity contribution >= 4 is 66.4 Å². The van der Waals surface area contributed by atoms with E-state index in [1.807, 2.05) is 0 Å². The first-order chi connectivity index (χ1) is 31.0. The lowest BCUT2D eigenvalue weighted by Gasteiger charge is -2.31. The van der Waals surface area contributed by atoms with Gasteiger partial charge in [0.25, 0.3) is 0 Å². The van der Waals surface area contributed by atoms with Crippen LogP contribution in [0.15, 0.2) is 109 Å². The third-order valence-electron chi connectivity index (χ3n) is 16.8. The Labute approximate surface area is 380 Å². The van der Waals surface area contributed by atoms with Crippen LogP contribution in [0.1, 0.15) is 144 Å². The molecule has 0 aliphatic heterocycles. The molecule has 0 bridgehead atoms. The molecule has 2 heteroatoms. The van der Waals surface area contributed by atoms with Crippen molar-refractivity contribution in [3.63, 3.8) is 0 Å². The molecule has 8 aromatic carbocycles. The Bertz CT molecular complexity index is 3040. The molecule has 4 atom stereocenters. The number of hydrogen-bond acceptors (Lipinski definition) is 2. The summed E-state index contributed by atoms with van der Waals surface area (Å²) in [6, 6.07) is 44.6. The fraction of sp³-hybridized carbons (Fsp3) is 0.323. The number of rotatable bonds is 6. The number of anilines is 6. The average molecular weight is 835 g/mol. The zero-order valence-corrected chi connectivity index (χ0v) is 39.3. The van der Waals surface area contributed by atoms with Crippen molar-refractivity contribution in [1.82, 2.24) is 0 Å². The predicted molar refractivity (Wildman–Crippen MR) is 274 cm³/mol. The van der Waals surface area contributed by atoms with Crippen LogP contribution in [0.3, 0.4) is 0 Å². The molecule has 0 saturated heterocycles. The zero-order valence-electron chi connectivity index (χ0n) is 39.3. The highest BCUT2D eigenvalue weighted by Crippen LogP contribution is 2.51. The van der Waals surface area contributed by atoms with Crippen LogP contribution in [0.2, 0.25) is 0 Å². The van der Waals surface area contributed by atoms with Crippen LogP contribution in [-0.4, -0.2) is 0 Å². The first-order valence-corrected chi connectivity index (χ1v) is 24.5. The van der Waals surface area contributed by atoms with Gasteiger partial charge < -0.3 is 9.80 Å². The molecular weight excluding hydrogens is 773 g/mol. The Hall–Kier alpha value is -5.86. The van der Waals surface area contributed by atoms with Gasteiger partial charge in [0, 0.05) is 33.5 Å². The molecule has 0 spiro atoms. The van der Waals surface area contributed by atoms with Crippen molar-refractivity contribution in [2.24, 2.45) is 0 Å². The standard InChI is InChI=1S/C62H62N2/c1-35-11-15-45-29-47(21-23-51(35)45)63(49-19-17-43-13-9-37(3)53(43)31-49)61-33-57-56-26-40(6)42(8)28-60(56)62(34-58(57)55-25-39(5)41(7)27-59(55)61)64(48-22-24-52-36(2)12-16-46(52)30-48)50-20-18-44-14-10-38(4)54(44)32-50/h17-38H,9-16H2,1-8H3. The number of hydrogen-bond donors (Lipinski definition) is 0. The van der Waals surface area contributed by atoms with E-state index >= 15 is 0 Å². The Kier molecular flexibility index (Phi) is 9.21. The van der Waals surface area contributed by atoms with E-state index in [-0.39, 0.29) is 0 Å². The molecule has 0 N–H and O–H groups in total. The number of fused-ring (bicyclic) bond motifs is 9. The van der Waals surface area contributed by atoms with Gasteiger partial charge in [0.05, 0.1) is 11.4 Å². The van der Waals surface area contributed by atoms with E-state index in [2.05, 4.69) is 174 Å². The lowest BCUT2D eigenvalue weighted by atomic mass is 9.89. The molecule has 4 aliphatic rings. The van der Waals surface area contributed by atoms with Crippen molar-refractivity contribution in [3.05, 3.63) is 176 Å². The number of nitrogens with zero attached hydrogens (tertiary/aromatic N) is 2. The van der Waals surface area contributed by atoms with E-state index in [9.17, 15) is 0 Å². The fourth-order valence-corrected chi connectivity index (χ4v) is 12.5. The maximum atomic E-state index is 2.62. The van der Waals surface area contributed by atoms with Gasteiger partial charge in [0.2, 0.25) is 0 Å². The lowest BCUT2D eigenvalue weighted by molar-refractivity contribution is 0.747. The molecule has 320 valence electrons. The summed E-state index contributed by atoms with van der Waals surface area (Å²) in [6.45, 7) is 18.8. The van der Waals surface area contributed by atoms with Crippen molar-refractivity contribution in [2.45, 2.75) is 130 Å². The summed E-state index contributed by atoms with van der Waals surface area (Å²) in [5.41, 5.74) is 24.9. The second-order valence-electron chi connectivity index (χ2n) is 20.8. The molecule has 0 heterocycles. The third-order valence-corrected chi connectivity index (χ3v) is 16.8. The van der Waals surface area contributed by atoms with Gasteiger partial charge in [-0.15, -0.1) is 0 Å². The lowest BCUT2D eigenvalue weighted by Crippen LogP contribution is -2.13. The van der Waals surface area contributed by atoms with Crippen LogP contribution >= 0.6 is 0 Å². The summed E-state index contributed by atoms with van der Waals surface area (Å²) in [6.07, 6.45) is 9.54. The molecule has 64 heavy (non-hydrogen) atoms. The van der Waals surface area contributed by atoms with Gasteiger partial charge in [-0.25, -0.2) is 0 Å². The Morgan fingerprint density at radius 3 is 1.03 bits per heavy atom. The predicted octanol–water partition coefficient (Wildman–Crippen LogP) is 17.5. The maximum Gasteiger partial charge on any atom is 0.0546 e. The van der Waals surface area contributed by atoms with E-state index in [0.29, 0.717) is 23.7 Å². The highest BCUT2D eigenvalue weighted by molar-refractivity contribution is 6.25. The van der Waals surface area contributed by atoms with Gasteiger partial charge in [-0.05, 0) is 264 Å². The molecule has 8 aromatic rings. The Balaban J connectivity index is 1.17. The van der Waals surface area contributed by atoms with E-state index in [1.165, 1.54) is 172 Å². The largest absolute Gasteiger partial charge is 0.310 e. The SMILES string of the molecule is Cc1cc2c(N(c3ccc4c(c3)CCC4C)c3ccc4c(c3)C(C)CC4)cc3c4cc(C)c(C)cc4c(N(c4ccc5c(c4)CCC5C)c4ccc5c(c4)C(C)CC5)cc3c2cc1C. The van der Waals surface area contributed by atoms with Crippen LogP contribution in [-0.2, 0) is 25.7 Å². The Morgan fingerprint density at radius 2 is 0.625 bits per heavy atom. The zero-order chi connectivity index (χ0) is 43.7. The fourth-order valence-electron chi connectivity index (χ4n) is 12.5. The van der Waals surface area contributed by atoms with Crippen LogP contribution in [0, 0.1) is 27.7 Å². The van der Waals surface area contributed by atoms with Gasteiger partial charge in [0.15, 0.2) is 0 Å². The van der Waals surface area contributed by atoms with E-state index in [1.54, 1.807) is 0 Å². The second kappa shape index (κ2) is 14.8. The summed E-state index contributed by atoms with van der Waals surface area (Å²) >= 11 is 0.